The van der Waals surface area contributed by atoms with Gasteiger partial charge in [0.1, 0.15) is 12.2 Å². The molecule has 11 nitrogen and oxygen atoms in total. The zero-order chi connectivity index (χ0) is 25.8. The third kappa shape index (κ3) is 5.09. The number of aliphatic hydroxyl groups excluding tert-OH is 2. The van der Waals surface area contributed by atoms with E-state index in [9.17, 15) is 39.6 Å². The molecule has 0 saturated carbocycles. The maximum absolute atomic E-state index is 14.9. The number of rotatable bonds is 11. The van der Waals surface area contributed by atoms with Crippen LogP contribution in [0.4, 0.5) is 4.39 Å². The number of aliphatic hydroxyl groups is 4. The predicted molar refractivity (Wildman–Crippen MR) is 121 cm³/mol. The largest absolute Gasteiger partial charge is 0.394 e. The smallest absolute Gasteiger partial charge is 0.332 e. The number of unbranched alkanes of at least 4 members (excludes halogenated alkanes) is 3. The van der Waals surface area contributed by atoms with Crippen LogP contribution >= 0.6 is 0 Å². The van der Waals surface area contributed by atoms with Crippen molar-refractivity contribution in [1.82, 2.24) is 14.6 Å². The van der Waals surface area contributed by atoms with Crippen LogP contribution in [0.25, 0.3) is 0 Å². The minimum atomic E-state index is -3.32. The third-order valence-electron chi connectivity index (χ3n) is 6.23. The second-order valence-corrected chi connectivity index (χ2v) is 8.69. The molecule has 1 aromatic carbocycles. The molecule has 35 heavy (non-hydrogen) atoms. The molecule has 0 bridgehead atoms. The Hall–Kier alpha value is -2.45. The van der Waals surface area contributed by atoms with Crippen LogP contribution in [0, 0.1) is 0 Å². The van der Waals surface area contributed by atoms with Gasteiger partial charge in [0.2, 0.25) is 5.72 Å². The minimum absolute atomic E-state index is 0.0168. The third-order valence-corrected chi connectivity index (χ3v) is 6.23. The van der Waals surface area contributed by atoms with Gasteiger partial charge < -0.3 is 30.4 Å². The summed E-state index contributed by atoms with van der Waals surface area (Å²) < 4.78 is 20.5. The maximum Gasteiger partial charge on any atom is 0.332 e. The van der Waals surface area contributed by atoms with Crippen molar-refractivity contribution in [2.24, 2.45) is 0 Å². The standard InChI is InChI=1S/C23H32FN3O8/c1-2-3-4-8-11-18(24)27(34)22(32)19(29)17(14-28)35-23(22,33)26-13-16(20(30)25-21(26)31)12-15-9-6-5-7-10-15/h5-7,9-10,13,17-19,28-29,32-34H,2-4,8,11-12,14H2,1H3,(H,25,30,31)/t17-,18?,19-,22-,23+/m1/s1. The molecule has 2 aromatic rings. The SMILES string of the molecule is CCCCCCC(F)N(O)[C@@]1(O)[C@H](O)[C@@H](CO)O[C@]1(O)n1cc(Cc2ccccc2)c(=O)[nH]c1=O. The first kappa shape index (κ1) is 27.1. The molecule has 1 aliphatic rings. The van der Waals surface area contributed by atoms with Crippen molar-refractivity contribution in [1.29, 1.82) is 0 Å². The van der Waals surface area contributed by atoms with E-state index in [1.165, 1.54) is 0 Å². The lowest BCUT2D eigenvalue weighted by molar-refractivity contribution is -0.428. The summed E-state index contributed by atoms with van der Waals surface area (Å²) in [4.78, 5) is 27.1. The summed E-state index contributed by atoms with van der Waals surface area (Å²) in [6.07, 6.45) is -2.87. The van der Waals surface area contributed by atoms with Crippen LogP contribution in [-0.2, 0) is 17.1 Å². The van der Waals surface area contributed by atoms with Gasteiger partial charge in [0.15, 0.2) is 6.30 Å². The van der Waals surface area contributed by atoms with Crippen molar-refractivity contribution in [2.75, 3.05) is 6.61 Å². The Bertz CT molecular complexity index is 1100. The Balaban J connectivity index is 2.04. The second-order valence-electron chi connectivity index (χ2n) is 8.69. The zero-order valence-electron chi connectivity index (χ0n) is 19.4. The number of aromatic nitrogens is 2. The molecule has 2 heterocycles. The van der Waals surface area contributed by atoms with Crippen LogP contribution in [0.2, 0.25) is 0 Å². The monoisotopic (exact) mass is 497 g/mol. The summed E-state index contributed by atoms with van der Waals surface area (Å²) in [5, 5.41) is 53.2. The first-order valence-electron chi connectivity index (χ1n) is 11.5. The lowest BCUT2D eigenvalue weighted by Crippen LogP contribution is -2.69. The lowest BCUT2D eigenvalue weighted by Gasteiger charge is -2.43. The molecule has 0 aliphatic carbocycles. The number of aromatic amines is 1. The lowest BCUT2D eigenvalue weighted by atomic mass is 9.99. The molecule has 1 saturated heterocycles. The first-order valence-corrected chi connectivity index (χ1v) is 11.5. The van der Waals surface area contributed by atoms with E-state index in [1.807, 2.05) is 11.9 Å². The van der Waals surface area contributed by atoms with E-state index in [2.05, 4.69) is 0 Å². The summed E-state index contributed by atoms with van der Waals surface area (Å²) in [5.74, 6) is -3.28. The van der Waals surface area contributed by atoms with Crippen molar-refractivity contribution in [3.63, 3.8) is 0 Å². The number of halogens is 1. The van der Waals surface area contributed by atoms with Crippen LogP contribution in [0.15, 0.2) is 46.1 Å². The van der Waals surface area contributed by atoms with E-state index in [4.69, 9.17) is 4.74 Å². The number of ether oxygens (including phenoxy) is 1. The minimum Gasteiger partial charge on any atom is -0.394 e. The van der Waals surface area contributed by atoms with Gasteiger partial charge in [-0.25, -0.2) is 13.8 Å². The first-order chi connectivity index (χ1) is 16.6. The van der Waals surface area contributed by atoms with Gasteiger partial charge in [-0.1, -0.05) is 56.5 Å². The average Bonchev–Trinajstić information content (AvgIpc) is 3.05. The Morgan fingerprint density at radius 1 is 1.20 bits per heavy atom. The highest BCUT2D eigenvalue weighted by molar-refractivity contribution is 5.23. The van der Waals surface area contributed by atoms with Crippen molar-refractivity contribution < 1.29 is 34.8 Å². The quantitative estimate of drug-likeness (QED) is 0.109. The number of nitrogens with one attached hydrogen (secondary N) is 1. The van der Waals surface area contributed by atoms with E-state index in [0.29, 0.717) is 23.0 Å². The molecule has 0 amide bonds. The average molecular weight is 498 g/mol. The molecule has 1 aromatic heterocycles. The maximum atomic E-state index is 14.9. The summed E-state index contributed by atoms with van der Waals surface area (Å²) in [6.45, 7) is 1.02. The summed E-state index contributed by atoms with van der Waals surface area (Å²) in [6, 6.07) is 8.68. The van der Waals surface area contributed by atoms with Gasteiger partial charge in [-0.2, -0.15) is 0 Å². The highest BCUT2D eigenvalue weighted by atomic mass is 19.1. The molecule has 3 rings (SSSR count). The topological polar surface area (TPSA) is 168 Å². The Morgan fingerprint density at radius 3 is 2.51 bits per heavy atom. The number of hydroxylamine groups is 2. The van der Waals surface area contributed by atoms with Crippen molar-refractivity contribution >= 4 is 0 Å². The summed E-state index contributed by atoms with van der Waals surface area (Å²) in [5.41, 5.74) is -4.70. The predicted octanol–water partition coefficient (Wildman–Crippen LogP) is 0.128. The van der Waals surface area contributed by atoms with Gasteiger partial charge in [0.25, 0.3) is 5.56 Å². The molecule has 5 atom stereocenters. The molecule has 194 valence electrons. The fraction of sp³-hybridized carbons (Fsp3) is 0.565. The molecular weight excluding hydrogens is 465 g/mol. The van der Waals surface area contributed by atoms with Gasteiger partial charge in [0.05, 0.1) is 6.61 Å². The normalized spacial score (nSPS) is 27.4. The van der Waals surface area contributed by atoms with Gasteiger partial charge in [-0.05, 0) is 18.4 Å². The molecule has 6 N–H and O–H groups in total. The Morgan fingerprint density at radius 2 is 1.89 bits per heavy atom. The molecular formula is C23H32FN3O8. The van der Waals surface area contributed by atoms with Gasteiger partial charge in [-0.15, -0.1) is 5.06 Å². The summed E-state index contributed by atoms with van der Waals surface area (Å²) in [7, 11) is 0. The van der Waals surface area contributed by atoms with Gasteiger partial charge in [0, 0.05) is 18.2 Å². The molecule has 1 fully saturated rings. The Kier molecular flexibility index (Phi) is 8.59. The van der Waals surface area contributed by atoms with Crippen LogP contribution in [0.1, 0.15) is 50.2 Å². The number of nitrogens with zero attached hydrogens (tertiary/aromatic N) is 2. The Labute approximate surface area is 200 Å². The number of alkyl halides is 1. The fourth-order valence-corrected chi connectivity index (χ4v) is 4.22. The zero-order valence-corrected chi connectivity index (χ0v) is 19.4. The van der Waals surface area contributed by atoms with Crippen LogP contribution in [0.5, 0.6) is 0 Å². The van der Waals surface area contributed by atoms with Crippen molar-refractivity contribution in [3.05, 3.63) is 68.5 Å². The summed E-state index contributed by atoms with van der Waals surface area (Å²) >= 11 is 0. The van der Waals surface area contributed by atoms with Crippen LogP contribution < -0.4 is 11.2 Å². The highest BCUT2D eigenvalue weighted by Crippen LogP contribution is 2.44. The van der Waals surface area contributed by atoms with E-state index in [0.717, 1.165) is 19.0 Å². The van der Waals surface area contributed by atoms with Crippen LogP contribution in [0.3, 0.4) is 0 Å². The van der Waals surface area contributed by atoms with E-state index in [1.54, 1.807) is 30.3 Å². The van der Waals surface area contributed by atoms with Gasteiger partial charge in [-0.3, -0.25) is 9.78 Å². The number of hydrogen-bond donors (Lipinski definition) is 6. The van der Waals surface area contributed by atoms with Crippen molar-refractivity contribution in [2.45, 2.75) is 75.6 Å². The van der Waals surface area contributed by atoms with E-state index >= 15 is 0 Å². The number of benzene rings is 1. The molecule has 1 aliphatic heterocycles. The molecule has 0 radical (unpaired) electrons. The van der Waals surface area contributed by atoms with E-state index in [-0.39, 0.29) is 23.5 Å². The molecule has 1 unspecified atom stereocenters. The van der Waals surface area contributed by atoms with E-state index < -0.39 is 48.0 Å². The van der Waals surface area contributed by atoms with Crippen molar-refractivity contribution in [3.8, 4) is 0 Å². The van der Waals surface area contributed by atoms with Gasteiger partial charge >= 0.3 is 11.6 Å². The molecule has 0 spiro atoms. The highest BCUT2D eigenvalue weighted by Gasteiger charge is 2.71. The fourth-order valence-electron chi connectivity index (χ4n) is 4.22. The molecule has 12 heteroatoms. The number of hydrogen-bond acceptors (Lipinski definition) is 9. The second kappa shape index (κ2) is 11.1. The van der Waals surface area contributed by atoms with Crippen LogP contribution in [-0.4, -0.2) is 71.1 Å². The number of H-pyrrole nitrogens is 1.